The molecule has 0 saturated heterocycles. The predicted octanol–water partition coefficient (Wildman–Crippen LogP) is 2.63. The number of nitrogens with zero attached hydrogens (tertiary/aromatic N) is 1. The third kappa shape index (κ3) is 4.45. The van der Waals surface area contributed by atoms with Crippen LogP contribution in [0.3, 0.4) is 0 Å². The van der Waals surface area contributed by atoms with E-state index in [4.69, 9.17) is 11.5 Å². The van der Waals surface area contributed by atoms with Gasteiger partial charge >= 0.3 is 0 Å². The van der Waals surface area contributed by atoms with E-state index < -0.39 is 11.7 Å². The number of carbonyl (C=O) groups is 2. The molecule has 27 heavy (non-hydrogen) atoms. The number of aliphatic imine (C=N–C) groups is 1. The van der Waals surface area contributed by atoms with E-state index in [9.17, 15) is 9.59 Å². The summed E-state index contributed by atoms with van der Waals surface area (Å²) in [5.74, 6) is -1.13. The van der Waals surface area contributed by atoms with Gasteiger partial charge in [0.1, 0.15) is 0 Å². The van der Waals surface area contributed by atoms with Crippen molar-refractivity contribution in [1.82, 2.24) is 5.32 Å². The number of ketones is 1. The number of rotatable bonds is 4. The summed E-state index contributed by atoms with van der Waals surface area (Å²) in [6.45, 7) is 0. The van der Waals surface area contributed by atoms with Crippen LogP contribution in [-0.2, 0) is 9.59 Å². The molecule has 0 radical (unpaired) electrons. The molecule has 2 aliphatic rings. The average molecular weight is 366 g/mol. The topological polar surface area (TPSA) is 111 Å². The molecule has 2 aliphatic carbocycles. The van der Waals surface area contributed by atoms with E-state index in [-0.39, 0.29) is 6.04 Å². The van der Waals surface area contributed by atoms with Crippen molar-refractivity contribution in [2.75, 3.05) is 0 Å². The Labute approximate surface area is 159 Å². The summed E-state index contributed by atoms with van der Waals surface area (Å²) in [4.78, 5) is 29.7. The SMILES string of the molecule is NC=C1C(=Nc2ccccc2)CCCC1NC(=O)C(=O)C1=C(N)CCCC1. The number of nitrogens with one attached hydrogen (secondary N) is 1. The lowest BCUT2D eigenvalue weighted by Gasteiger charge is -2.27. The van der Waals surface area contributed by atoms with Crippen molar-refractivity contribution >= 4 is 23.1 Å². The number of hydrogen-bond acceptors (Lipinski definition) is 5. The van der Waals surface area contributed by atoms with Gasteiger partial charge in [0.25, 0.3) is 5.91 Å². The molecular formula is C21H26N4O2. The highest BCUT2D eigenvalue weighted by Gasteiger charge is 2.29. The van der Waals surface area contributed by atoms with E-state index in [0.29, 0.717) is 24.1 Å². The maximum Gasteiger partial charge on any atom is 0.292 e. The minimum atomic E-state index is -0.611. The number of para-hydroxylation sites is 1. The number of benzene rings is 1. The molecule has 1 unspecified atom stereocenters. The Morgan fingerprint density at radius 1 is 1.07 bits per heavy atom. The van der Waals surface area contributed by atoms with Crippen molar-refractivity contribution in [1.29, 1.82) is 0 Å². The zero-order valence-corrected chi connectivity index (χ0v) is 15.4. The first kappa shape index (κ1) is 18.9. The van der Waals surface area contributed by atoms with Crippen LogP contribution in [-0.4, -0.2) is 23.4 Å². The molecule has 0 bridgehead atoms. The van der Waals surface area contributed by atoms with Crippen LogP contribution in [0.25, 0.3) is 0 Å². The fourth-order valence-electron chi connectivity index (χ4n) is 3.66. The number of carbonyl (C=O) groups excluding carboxylic acids is 2. The van der Waals surface area contributed by atoms with Crippen molar-refractivity contribution in [3.8, 4) is 0 Å². The molecule has 1 fully saturated rings. The van der Waals surface area contributed by atoms with E-state index >= 15 is 0 Å². The van der Waals surface area contributed by atoms with Gasteiger partial charge in [0.2, 0.25) is 5.78 Å². The van der Waals surface area contributed by atoms with Gasteiger partial charge in [-0.25, -0.2) is 0 Å². The zero-order chi connectivity index (χ0) is 19.2. The normalized spacial score (nSPS) is 23.5. The van der Waals surface area contributed by atoms with Gasteiger partial charge in [0.05, 0.1) is 11.7 Å². The first-order chi connectivity index (χ1) is 13.1. The predicted molar refractivity (Wildman–Crippen MR) is 106 cm³/mol. The van der Waals surface area contributed by atoms with E-state index in [1.165, 1.54) is 6.20 Å². The van der Waals surface area contributed by atoms with Crippen molar-refractivity contribution in [3.63, 3.8) is 0 Å². The van der Waals surface area contributed by atoms with Crippen molar-refractivity contribution in [2.24, 2.45) is 16.5 Å². The van der Waals surface area contributed by atoms with E-state index in [1.807, 2.05) is 30.3 Å². The standard InChI is InChI=1S/C21H26N4O2/c22-13-16-18(24-14-7-2-1-3-8-14)11-6-12-19(16)25-21(27)20(26)15-9-4-5-10-17(15)23/h1-3,7-8,13,19H,4-6,9-12,22-23H2,(H,25,27). The summed E-state index contributed by atoms with van der Waals surface area (Å²) < 4.78 is 0. The molecule has 1 atom stereocenters. The minimum absolute atomic E-state index is 0.312. The molecule has 1 amide bonds. The lowest BCUT2D eigenvalue weighted by Crippen LogP contribution is -2.44. The number of allylic oxidation sites excluding steroid dienone is 1. The molecule has 0 spiro atoms. The molecule has 6 heteroatoms. The van der Waals surface area contributed by atoms with Crippen LogP contribution < -0.4 is 16.8 Å². The molecule has 3 rings (SSSR count). The molecule has 0 aliphatic heterocycles. The molecule has 0 aromatic heterocycles. The Kier molecular flexibility index (Phi) is 6.06. The summed E-state index contributed by atoms with van der Waals surface area (Å²) in [7, 11) is 0. The van der Waals surface area contributed by atoms with Crippen LogP contribution in [0.4, 0.5) is 5.69 Å². The van der Waals surface area contributed by atoms with Crippen molar-refractivity contribution < 1.29 is 9.59 Å². The second kappa shape index (κ2) is 8.66. The average Bonchev–Trinajstić information content (AvgIpc) is 2.69. The maximum atomic E-state index is 12.5. The lowest BCUT2D eigenvalue weighted by molar-refractivity contribution is -0.136. The summed E-state index contributed by atoms with van der Waals surface area (Å²) in [5, 5.41) is 2.85. The lowest BCUT2D eigenvalue weighted by atomic mass is 9.87. The monoisotopic (exact) mass is 366 g/mol. The third-order valence-corrected chi connectivity index (χ3v) is 5.11. The molecule has 6 nitrogen and oxygen atoms in total. The van der Waals surface area contributed by atoms with Crippen molar-refractivity contribution in [3.05, 3.63) is 53.4 Å². The highest BCUT2D eigenvalue weighted by atomic mass is 16.2. The van der Waals surface area contributed by atoms with Crippen LogP contribution >= 0.6 is 0 Å². The smallest absolute Gasteiger partial charge is 0.292 e. The quantitative estimate of drug-likeness (QED) is 0.711. The van der Waals surface area contributed by atoms with Crippen LogP contribution in [0.1, 0.15) is 44.9 Å². The Morgan fingerprint density at radius 2 is 1.81 bits per heavy atom. The minimum Gasteiger partial charge on any atom is -0.404 e. The fourth-order valence-corrected chi connectivity index (χ4v) is 3.66. The third-order valence-electron chi connectivity index (χ3n) is 5.11. The molecule has 1 aromatic carbocycles. The van der Waals surface area contributed by atoms with Gasteiger partial charge in [-0.15, -0.1) is 0 Å². The summed E-state index contributed by atoms with van der Waals surface area (Å²) in [6.07, 6.45) is 6.98. The van der Waals surface area contributed by atoms with Gasteiger partial charge < -0.3 is 16.8 Å². The van der Waals surface area contributed by atoms with Gasteiger partial charge in [0.15, 0.2) is 0 Å². The molecule has 1 saturated carbocycles. The van der Waals surface area contributed by atoms with Crippen LogP contribution in [0, 0.1) is 0 Å². The first-order valence-corrected chi connectivity index (χ1v) is 9.47. The number of amides is 1. The van der Waals surface area contributed by atoms with Gasteiger partial charge in [-0.3, -0.25) is 14.6 Å². The second-order valence-electron chi connectivity index (χ2n) is 6.97. The second-order valence-corrected chi connectivity index (χ2v) is 6.97. The van der Waals surface area contributed by atoms with Crippen molar-refractivity contribution in [2.45, 2.75) is 51.0 Å². The van der Waals surface area contributed by atoms with Gasteiger partial charge in [0, 0.05) is 28.8 Å². The molecule has 1 aromatic rings. The van der Waals surface area contributed by atoms with Gasteiger partial charge in [-0.05, 0) is 57.1 Å². The van der Waals surface area contributed by atoms with Crippen LogP contribution in [0.15, 0.2) is 58.4 Å². The molecule has 0 heterocycles. The first-order valence-electron chi connectivity index (χ1n) is 9.47. The maximum absolute atomic E-state index is 12.5. The largest absolute Gasteiger partial charge is 0.404 e. The summed E-state index contributed by atoms with van der Waals surface area (Å²) in [5.41, 5.74) is 15.3. The fraction of sp³-hybridized carbons (Fsp3) is 0.381. The zero-order valence-electron chi connectivity index (χ0n) is 15.4. The van der Waals surface area contributed by atoms with Crippen LogP contribution in [0.2, 0.25) is 0 Å². The number of nitrogens with two attached hydrogens (primary N) is 2. The highest BCUT2D eigenvalue weighted by Crippen LogP contribution is 2.26. The number of hydrogen-bond donors (Lipinski definition) is 3. The van der Waals surface area contributed by atoms with Gasteiger partial charge in [-0.2, -0.15) is 0 Å². The molecule has 142 valence electrons. The Hall–Kier alpha value is -2.89. The summed E-state index contributed by atoms with van der Waals surface area (Å²) in [6, 6.07) is 9.32. The van der Waals surface area contributed by atoms with Gasteiger partial charge in [-0.1, -0.05) is 18.2 Å². The van der Waals surface area contributed by atoms with E-state index in [0.717, 1.165) is 49.1 Å². The molecule has 5 N–H and O–H groups in total. The number of Topliss-reactive ketones (excluding diaryl/α,β-unsaturated/α-hetero) is 1. The van der Waals surface area contributed by atoms with E-state index in [2.05, 4.69) is 10.3 Å². The summed E-state index contributed by atoms with van der Waals surface area (Å²) >= 11 is 0. The Balaban J connectivity index is 1.75. The Bertz CT molecular complexity index is 809. The Morgan fingerprint density at radius 3 is 2.52 bits per heavy atom. The van der Waals surface area contributed by atoms with E-state index in [1.54, 1.807) is 0 Å². The van der Waals surface area contributed by atoms with Crippen LogP contribution in [0.5, 0.6) is 0 Å². The highest BCUT2D eigenvalue weighted by molar-refractivity contribution is 6.43. The molecular weight excluding hydrogens is 340 g/mol.